The molecule has 19 heavy (non-hydrogen) atoms. The van der Waals surface area contributed by atoms with Crippen molar-refractivity contribution in [3.05, 3.63) is 64.7 Å². The molecule has 3 nitrogen and oxygen atoms in total. The lowest BCUT2D eigenvalue weighted by molar-refractivity contribution is 0.0894. The number of rotatable bonds is 4. The highest BCUT2D eigenvalue weighted by atomic mass is 35.5. The van der Waals surface area contributed by atoms with E-state index in [9.17, 15) is 14.0 Å². The van der Waals surface area contributed by atoms with Crippen molar-refractivity contribution in [2.75, 3.05) is 0 Å². The monoisotopic (exact) mass is 277 g/mol. The van der Waals surface area contributed by atoms with E-state index in [1.807, 2.05) is 0 Å². The van der Waals surface area contributed by atoms with Gasteiger partial charge in [0, 0.05) is 23.5 Å². The maximum Gasteiger partial charge on any atom is 0.170 e. The fraction of sp³-hybridized carbons (Fsp3) is 0.0714. The van der Waals surface area contributed by atoms with Gasteiger partial charge in [-0.1, -0.05) is 11.6 Å². The highest BCUT2D eigenvalue weighted by molar-refractivity contribution is 6.31. The van der Waals surface area contributed by atoms with Crippen LogP contribution in [0.3, 0.4) is 0 Å². The quantitative estimate of drug-likeness (QED) is 0.636. The third kappa shape index (κ3) is 3.23. The number of hydrogen-bond acceptors (Lipinski definition) is 3. The molecule has 5 heteroatoms. The molecule has 0 amide bonds. The molecule has 2 aromatic rings. The molecule has 0 aliphatic rings. The van der Waals surface area contributed by atoms with Gasteiger partial charge in [0.1, 0.15) is 5.82 Å². The number of nitrogens with zero attached hydrogens (tertiary/aromatic N) is 1. The van der Waals surface area contributed by atoms with Crippen LogP contribution in [0, 0.1) is 5.82 Å². The lowest BCUT2D eigenvalue weighted by atomic mass is 10.0. The second-order valence-corrected chi connectivity index (χ2v) is 4.30. The van der Waals surface area contributed by atoms with Crippen molar-refractivity contribution in [1.29, 1.82) is 0 Å². The topological polar surface area (TPSA) is 47.0 Å². The molecule has 0 atom stereocenters. The molecule has 1 aromatic carbocycles. The Hall–Kier alpha value is -2.07. The Bertz CT molecular complexity index is 629. The zero-order valence-corrected chi connectivity index (χ0v) is 10.5. The van der Waals surface area contributed by atoms with Crippen LogP contribution in [0.4, 0.5) is 4.39 Å². The molecule has 0 radical (unpaired) electrons. The first kappa shape index (κ1) is 13.4. The van der Waals surface area contributed by atoms with Gasteiger partial charge in [0.15, 0.2) is 11.6 Å². The third-order valence-corrected chi connectivity index (χ3v) is 2.85. The average Bonchev–Trinajstić information content (AvgIpc) is 2.42. The lowest BCUT2D eigenvalue weighted by Gasteiger charge is -2.02. The summed E-state index contributed by atoms with van der Waals surface area (Å²) in [7, 11) is 0. The molecule has 1 heterocycles. The van der Waals surface area contributed by atoms with E-state index in [0.29, 0.717) is 5.56 Å². The molecule has 96 valence electrons. The summed E-state index contributed by atoms with van der Waals surface area (Å²) in [4.78, 5) is 27.5. The molecular weight excluding hydrogens is 269 g/mol. The Morgan fingerprint density at radius 3 is 2.32 bits per heavy atom. The summed E-state index contributed by atoms with van der Waals surface area (Å²) >= 11 is 5.59. The van der Waals surface area contributed by atoms with Crippen LogP contribution in [-0.4, -0.2) is 16.6 Å². The Kier molecular flexibility index (Phi) is 4.02. The van der Waals surface area contributed by atoms with E-state index >= 15 is 0 Å². The van der Waals surface area contributed by atoms with Crippen molar-refractivity contribution in [3.8, 4) is 0 Å². The van der Waals surface area contributed by atoms with Crippen LogP contribution in [-0.2, 0) is 0 Å². The van der Waals surface area contributed by atoms with Gasteiger partial charge in [0.25, 0.3) is 0 Å². The van der Waals surface area contributed by atoms with Crippen LogP contribution < -0.4 is 0 Å². The van der Waals surface area contributed by atoms with Crippen molar-refractivity contribution in [3.63, 3.8) is 0 Å². The summed E-state index contributed by atoms with van der Waals surface area (Å²) in [5.74, 6) is -1.31. The lowest BCUT2D eigenvalue weighted by Crippen LogP contribution is -2.08. The van der Waals surface area contributed by atoms with Crippen LogP contribution in [0.5, 0.6) is 0 Å². The summed E-state index contributed by atoms with van der Waals surface area (Å²) < 4.78 is 13.0. The number of carbonyl (C=O) groups excluding carboxylic acids is 2. The average molecular weight is 278 g/mol. The SMILES string of the molecule is O=C(CC(=O)c1ccc(F)c(Cl)c1)c1ccncc1. The van der Waals surface area contributed by atoms with E-state index in [1.165, 1.54) is 36.7 Å². The fourth-order valence-corrected chi connectivity index (χ4v) is 1.74. The number of pyridine rings is 1. The van der Waals surface area contributed by atoms with Crippen molar-refractivity contribution in [1.82, 2.24) is 4.98 Å². The van der Waals surface area contributed by atoms with Gasteiger partial charge in [-0.3, -0.25) is 14.6 Å². The second kappa shape index (κ2) is 5.71. The number of Topliss-reactive ketones (excluding diaryl/α,β-unsaturated/α-hetero) is 2. The highest BCUT2D eigenvalue weighted by Crippen LogP contribution is 2.17. The standard InChI is InChI=1S/C14H9ClFNO2/c15-11-7-10(1-2-12(11)16)14(19)8-13(18)9-3-5-17-6-4-9/h1-7H,8H2. The van der Waals surface area contributed by atoms with E-state index in [1.54, 1.807) is 0 Å². The smallest absolute Gasteiger partial charge is 0.170 e. The Labute approximate surface area is 114 Å². The first-order valence-corrected chi connectivity index (χ1v) is 5.87. The summed E-state index contributed by atoms with van der Waals surface area (Å²) in [5, 5.41) is -0.137. The fourth-order valence-electron chi connectivity index (χ4n) is 1.56. The van der Waals surface area contributed by atoms with Gasteiger partial charge in [-0.05, 0) is 30.3 Å². The van der Waals surface area contributed by atoms with E-state index < -0.39 is 11.6 Å². The molecular formula is C14H9ClFNO2. The van der Waals surface area contributed by atoms with Gasteiger partial charge >= 0.3 is 0 Å². The van der Waals surface area contributed by atoms with Crippen LogP contribution in [0.2, 0.25) is 5.02 Å². The van der Waals surface area contributed by atoms with Crippen LogP contribution in [0.15, 0.2) is 42.7 Å². The predicted molar refractivity (Wildman–Crippen MR) is 68.9 cm³/mol. The van der Waals surface area contributed by atoms with Crippen molar-refractivity contribution >= 4 is 23.2 Å². The molecule has 2 rings (SSSR count). The van der Waals surface area contributed by atoms with Gasteiger partial charge in [-0.15, -0.1) is 0 Å². The largest absolute Gasteiger partial charge is 0.294 e. The van der Waals surface area contributed by atoms with E-state index in [2.05, 4.69) is 4.98 Å². The minimum atomic E-state index is -0.598. The second-order valence-electron chi connectivity index (χ2n) is 3.89. The molecule has 0 bridgehead atoms. The molecule has 0 spiro atoms. The number of carbonyl (C=O) groups is 2. The predicted octanol–water partition coefficient (Wildman–Crippen LogP) is 3.33. The zero-order chi connectivity index (χ0) is 13.8. The van der Waals surface area contributed by atoms with Crippen LogP contribution in [0.25, 0.3) is 0 Å². The summed E-state index contributed by atoms with van der Waals surface area (Å²) in [6.45, 7) is 0. The van der Waals surface area contributed by atoms with Gasteiger partial charge in [0.2, 0.25) is 0 Å². The number of halogens is 2. The molecule has 0 unspecified atom stereocenters. The molecule has 0 aliphatic heterocycles. The molecule has 0 saturated heterocycles. The highest BCUT2D eigenvalue weighted by Gasteiger charge is 2.14. The Morgan fingerprint density at radius 1 is 1.05 bits per heavy atom. The minimum Gasteiger partial charge on any atom is -0.294 e. The Balaban J connectivity index is 2.13. The third-order valence-electron chi connectivity index (χ3n) is 2.56. The number of aromatic nitrogens is 1. The van der Waals surface area contributed by atoms with Crippen molar-refractivity contribution in [2.24, 2.45) is 0 Å². The van der Waals surface area contributed by atoms with Gasteiger partial charge in [0.05, 0.1) is 11.4 Å². The first-order valence-electron chi connectivity index (χ1n) is 5.49. The van der Waals surface area contributed by atoms with Gasteiger partial charge in [-0.2, -0.15) is 0 Å². The molecule has 0 saturated carbocycles. The number of benzene rings is 1. The maximum absolute atomic E-state index is 13.0. The number of ketones is 2. The Morgan fingerprint density at radius 2 is 1.68 bits per heavy atom. The normalized spacial score (nSPS) is 10.2. The maximum atomic E-state index is 13.0. The summed E-state index contributed by atoms with van der Waals surface area (Å²) in [6, 6.07) is 6.70. The van der Waals surface area contributed by atoms with E-state index in [0.717, 1.165) is 6.07 Å². The number of hydrogen-bond donors (Lipinski definition) is 0. The van der Waals surface area contributed by atoms with E-state index in [4.69, 9.17) is 11.6 Å². The van der Waals surface area contributed by atoms with Gasteiger partial charge in [-0.25, -0.2) is 4.39 Å². The zero-order valence-electron chi connectivity index (χ0n) is 9.77. The molecule has 1 aromatic heterocycles. The van der Waals surface area contributed by atoms with Crippen molar-refractivity contribution < 1.29 is 14.0 Å². The van der Waals surface area contributed by atoms with Crippen LogP contribution >= 0.6 is 11.6 Å². The molecule has 0 aliphatic carbocycles. The van der Waals surface area contributed by atoms with E-state index in [-0.39, 0.29) is 22.8 Å². The van der Waals surface area contributed by atoms with Gasteiger partial charge < -0.3 is 0 Å². The molecule has 0 N–H and O–H groups in total. The first-order chi connectivity index (χ1) is 9.08. The molecule has 0 fully saturated rings. The summed E-state index contributed by atoms with van der Waals surface area (Å²) in [6.07, 6.45) is 2.67. The summed E-state index contributed by atoms with van der Waals surface area (Å²) in [5.41, 5.74) is 0.630. The van der Waals surface area contributed by atoms with Crippen molar-refractivity contribution in [2.45, 2.75) is 6.42 Å². The van der Waals surface area contributed by atoms with Crippen LogP contribution in [0.1, 0.15) is 27.1 Å². The minimum absolute atomic E-state index is 0.137.